The molecule has 102 valence electrons. The van der Waals surface area contributed by atoms with E-state index in [1.54, 1.807) is 6.07 Å². The summed E-state index contributed by atoms with van der Waals surface area (Å²) < 4.78 is 4.93. The number of carbonyl (C=O) groups is 3. The largest absolute Gasteiger partial charge is 0.465 e. The molecule has 4 nitrogen and oxygen atoms in total. The summed E-state index contributed by atoms with van der Waals surface area (Å²) in [5.74, 6) is -0.640. The zero-order valence-electron chi connectivity index (χ0n) is 11.3. The van der Waals surface area contributed by atoms with Gasteiger partial charge in [-0.25, -0.2) is 0 Å². The Morgan fingerprint density at radius 1 is 1.16 bits per heavy atom. The first-order valence-corrected chi connectivity index (χ1v) is 6.24. The predicted molar refractivity (Wildman–Crippen MR) is 71.0 cm³/mol. The molecule has 0 spiro atoms. The summed E-state index contributed by atoms with van der Waals surface area (Å²) in [6.45, 7) is 3.17. The van der Waals surface area contributed by atoms with Gasteiger partial charge in [0.25, 0.3) is 0 Å². The fraction of sp³-hybridized carbons (Fsp3) is 0.400. The number of benzene rings is 1. The van der Waals surface area contributed by atoms with E-state index >= 15 is 0 Å². The van der Waals surface area contributed by atoms with Crippen LogP contribution in [0.2, 0.25) is 0 Å². The van der Waals surface area contributed by atoms with E-state index in [1.165, 1.54) is 13.8 Å². The summed E-state index contributed by atoms with van der Waals surface area (Å²) in [5, 5.41) is 0. The lowest BCUT2D eigenvalue weighted by atomic mass is 10.0. The van der Waals surface area contributed by atoms with E-state index < -0.39 is 5.97 Å². The minimum absolute atomic E-state index is 0.0368. The van der Waals surface area contributed by atoms with Crippen molar-refractivity contribution in [3.05, 3.63) is 35.4 Å². The van der Waals surface area contributed by atoms with Crippen LogP contribution in [0, 0.1) is 0 Å². The molecule has 0 bridgehead atoms. The first kappa shape index (κ1) is 15.1. The fourth-order valence-corrected chi connectivity index (χ4v) is 1.66. The smallest absolute Gasteiger partial charge is 0.313 e. The van der Waals surface area contributed by atoms with Gasteiger partial charge in [0, 0.05) is 5.56 Å². The molecule has 0 aliphatic rings. The molecule has 0 radical (unpaired) electrons. The molecule has 1 aromatic carbocycles. The van der Waals surface area contributed by atoms with Crippen LogP contribution in [0.5, 0.6) is 0 Å². The van der Waals surface area contributed by atoms with Crippen LogP contribution in [0.3, 0.4) is 0 Å². The number of ketones is 2. The molecule has 0 unspecified atom stereocenters. The molecule has 0 amide bonds. The Bertz CT molecular complexity index is 477. The van der Waals surface area contributed by atoms with Crippen LogP contribution in [0.4, 0.5) is 0 Å². The molecule has 0 N–H and O–H groups in total. The molecule has 0 atom stereocenters. The van der Waals surface area contributed by atoms with Crippen molar-refractivity contribution in [2.24, 2.45) is 0 Å². The van der Waals surface area contributed by atoms with Crippen LogP contribution in [0.25, 0.3) is 0 Å². The highest BCUT2D eigenvalue weighted by molar-refractivity contribution is 5.94. The molecule has 4 heteroatoms. The Balaban J connectivity index is 2.33. The molecular formula is C15H18O4. The maximum absolute atomic E-state index is 11.2. The van der Waals surface area contributed by atoms with Gasteiger partial charge in [-0.3, -0.25) is 14.4 Å². The highest BCUT2D eigenvalue weighted by atomic mass is 16.5. The first-order chi connectivity index (χ1) is 8.99. The number of Topliss-reactive ketones (excluding diaryl/α,β-unsaturated/α-hetero) is 2. The zero-order chi connectivity index (χ0) is 14.3. The Hall–Kier alpha value is -1.97. The Morgan fingerprint density at radius 3 is 2.53 bits per heavy atom. The Morgan fingerprint density at radius 2 is 1.89 bits per heavy atom. The van der Waals surface area contributed by atoms with Gasteiger partial charge >= 0.3 is 5.97 Å². The van der Waals surface area contributed by atoms with Crippen molar-refractivity contribution in [2.75, 3.05) is 6.61 Å². The summed E-state index contributed by atoms with van der Waals surface area (Å²) in [4.78, 5) is 33.0. The third-order valence-corrected chi connectivity index (χ3v) is 2.60. The van der Waals surface area contributed by atoms with Crippen molar-refractivity contribution < 1.29 is 19.1 Å². The van der Waals surface area contributed by atoms with Crippen LogP contribution >= 0.6 is 0 Å². The number of aryl methyl sites for hydroxylation is 1. The van der Waals surface area contributed by atoms with Crippen LogP contribution in [-0.4, -0.2) is 24.1 Å². The summed E-state index contributed by atoms with van der Waals surface area (Å²) >= 11 is 0. The second-order valence-electron chi connectivity index (χ2n) is 4.46. The molecule has 0 aliphatic carbocycles. The maximum Gasteiger partial charge on any atom is 0.313 e. The van der Waals surface area contributed by atoms with E-state index in [-0.39, 0.29) is 24.6 Å². The van der Waals surface area contributed by atoms with Crippen molar-refractivity contribution in [2.45, 2.75) is 33.1 Å². The van der Waals surface area contributed by atoms with Crippen molar-refractivity contribution in [1.29, 1.82) is 0 Å². The van der Waals surface area contributed by atoms with Gasteiger partial charge in [0.05, 0.1) is 6.61 Å². The third-order valence-electron chi connectivity index (χ3n) is 2.60. The number of hydrogen-bond acceptors (Lipinski definition) is 4. The summed E-state index contributed by atoms with van der Waals surface area (Å²) in [6.07, 6.45) is 1.24. The van der Waals surface area contributed by atoms with E-state index in [0.717, 1.165) is 12.0 Å². The van der Waals surface area contributed by atoms with Gasteiger partial charge in [-0.1, -0.05) is 18.2 Å². The van der Waals surface area contributed by atoms with Crippen LogP contribution in [-0.2, 0) is 20.7 Å². The zero-order valence-corrected chi connectivity index (χ0v) is 11.3. The molecule has 0 saturated carbocycles. The summed E-state index contributed by atoms with van der Waals surface area (Å²) in [5.41, 5.74) is 1.72. The number of ether oxygens (including phenoxy) is 1. The van der Waals surface area contributed by atoms with Crippen molar-refractivity contribution >= 4 is 17.5 Å². The highest BCUT2D eigenvalue weighted by Gasteiger charge is 2.06. The lowest BCUT2D eigenvalue weighted by Gasteiger charge is -2.05. The van der Waals surface area contributed by atoms with Gasteiger partial charge < -0.3 is 4.74 Å². The minimum Gasteiger partial charge on any atom is -0.465 e. The molecular weight excluding hydrogens is 244 g/mol. The standard InChI is InChI=1S/C15H18O4/c1-11(16)9-15(18)19-8-4-6-13-5-3-7-14(10-13)12(2)17/h3,5,7,10H,4,6,8-9H2,1-2H3. The number of carbonyl (C=O) groups excluding carboxylic acids is 3. The van der Waals surface area contributed by atoms with Crippen molar-refractivity contribution in [1.82, 2.24) is 0 Å². The van der Waals surface area contributed by atoms with E-state index in [0.29, 0.717) is 12.0 Å². The fourth-order valence-electron chi connectivity index (χ4n) is 1.66. The normalized spacial score (nSPS) is 10.0. The van der Waals surface area contributed by atoms with Crippen molar-refractivity contribution in [3.63, 3.8) is 0 Å². The second-order valence-corrected chi connectivity index (χ2v) is 4.46. The molecule has 0 aliphatic heterocycles. The van der Waals surface area contributed by atoms with Gasteiger partial charge in [0.1, 0.15) is 12.2 Å². The predicted octanol–water partition coefficient (Wildman–Crippen LogP) is 2.34. The number of rotatable bonds is 7. The molecule has 0 heterocycles. The SMILES string of the molecule is CC(=O)CC(=O)OCCCc1cccc(C(C)=O)c1. The molecule has 0 fully saturated rings. The van der Waals surface area contributed by atoms with Crippen LogP contribution < -0.4 is 0 Å². The average molecular weight is 262 g/mol. The molecule has 0 aromatic heterocycles. The van der Waals surface area contributed by atoms with Gasteiger partial charge in [-0.2, -0.15) is 0 Å². The van der Waals surface area contributed by atoms with Gasteiger partial charge in [0.15, 0.2) is 5.78 Å². The van der Waals surface area contributed by atoms with E-state index in [2.05, 4.69) is 0 Å². The van der Waals surface area contributed by atoms with E-state index in [4.69, 9.17) is 4.74 Å². The number of hydrogen-bond donors (Lipinski definition) is 0. The van der Waals surface area contributed by atoms with Gasteiger partial charge in [-0.05, 0) is 38.3 Å². The van der Waals surface area contributed by atoms with Gasteiger partial charge in [0.2, 0.25) is 0 Å². The average Bonchev–Trinajstić information content (AvgIpc) is 2.34. The minimum atomic E-state index is -0.481. The van der Waals surface area contributed by atoms with E-state index in [9.17, 15) is 14.4 Å². The Labute approximate surface area is 112 Å². The second kappa shape index (κ2) is 7.46. The van der Waals surface area contributed by atoms with Crippen LogP contribution in [0.1, 0.15) is 42.6 Å². The quantitative estimate of drug-likeness (QED) is 0.327. The molecule has 1 rings (SSSR count). The van der Waals surface area contributed by atoms with E-state index in [1.807, 2.05) is 18.2 Å². The van der Waals surface area contributed by atoms with Crippen LogP contribution in [0.15, 0.2) is 24.3 Å². The summed E-state index contributed by atoms with van der Waals surface area (Å²) in [7, 11) is 0. The highest BCUT2D eigenvalue weighted by Crippen LogP contribution is 2.08. The topological polar surface area (TPSA) is 60.4 Å². The van der Waals surface area contributed by atoms with Gasteiger partial charge in [-0.15, -0.1) is 0 Å². The molecule has 1 aromatic rings. The molecule has 19 heavy (non-hydrogen) atoms. The summed E-state index contributed by atoms with van der Waals surface area (Å²) in [6, 6.07) is 7.40. The monoisotopic (exact) mass is 262 g/mol. The van der Waals surface area contributed by atoms with Crippen molar-refractivity contribution in [3.8, 4) is 0 Å². The Kier molecular flexibility index (Phi) is 5.93. The lowest BCUT2D eigenvalue weighted by Crippen LogP contribution is -2.10. The third kappa shape index (κ3) is 5.95. The first-order valence-electron chi connectivity index (χ1n) is 6.24. The lowest BCUT2D eigenvalue weighted by molar-refractivity contribution is -0.145. The maximum atomic E-state index is 11.2. The molecule has 0 saturated heterocycles. The number of esters is 1.